The van der Waals surface area contributed by atoms with Crippen molar-refractivity contribution < 1.29 is 4.79 Å². The Morgan fingerprint density at radius 2 is 2.00 bits per heavy atom. The number of hydrogen-bond donors (Lipinski definition) is 2. The molecule has 1 aromatic rings. The highest BCUT2D eigenvalue weighted by Gasteiger charge is 2.15. The van der Waals surface area contributed by atoms with E-state index < -0.39 is 0 Å². The third kappa shape index (κ3) is 6.18. The summed E-state index contributed by atoms with van der Waals surface area (Å²) >= 11 is 5.31. The van der Waals surface area contributed by atoms with Gasteiger partial charge in [-0.15, -0.1) is 0 Å². The van der Waals surface area contributed by atoms with Crippen molar-refractivity contribution in [2.45, 2.75) is 45.4 Å². The fraction of sp³-hybridized carbons (Fsp3) is 0.556. The molecule has 0 atom stereocenters. The van der Waals surface area contributed by atoms with E-state index in [4.69, 9.17) is 12.2 Å². The summed E-state index contributed by atoms with van der Waals surface area (Å²) in [5.74, 6) is 0.305. The molecule has 1 aromatic carbocycles. The molecule has 0 unspecified atom stereocenters. The van der Waals surface area contributed by atoms with Gasteiger partial charge >= 0.3 is 0 Å². The molecule has 126 valence electrons. The predicted octanol–water partition coefficient (Wildman–Crippen LogP) is 3.33. The fourth-order valence-electron chi connectivity index (χ4n) is 2.75. The first-order valence-electron chi connectivity index (χ1n) is 8.60. The van der Waals surface area contributed by atoms with Crippen molar-refractivity contribution in [1.29, 1.82) is 0 Å². The summed E-state index contributed by atoms with van der Waals surface area (Å²) in [6, 6.07) is 8.30. The van der Waals surface area contributed by atoms with Gasteiger partial charge < -0.3 is 15.5 Å². The minimum absolute atomic E-state index is 0.305. The van der Waals surface area contributed by atoms with Crippen LogP contribution in [0, 0.1) is 0 Å². The molecule has 1 aliphatic rings. The summed E-state index contributed by atoms with van der Waals surface area (Å²) in [7, 11) is 0. The van der Waals surface area contributed by atoms with Crippen LogP contribution in [0.3, 0.4) is 0 Å². The zero-order valence-electron chi connectivity index (χ0n) is 13.9. The number of anilines is 1. The summed E-state index contributed by atoms with van der Waals surface area (Å²) < 4.78 is 0. The van der Waals surface area contributed by atoms with E-state index in [2.05, 4.69) is 29.7 Å². The molecule has 1 fully saturated rings. The number of carbonyl (C=O) groups excluding carboxylic acids is 1. The number of nitrogens with one attached hydrogen (secondary N) is 2. The smallest absolute Gasteiger partial charge is 0.222 e. The summed E-state index contributed by atoms with van der Waals surface area (Å²) in [6.07, 6.45) is 6.01. The molecule has 2 rings (SSSR count). The third-order valence-electron chi connectivity index (χ3n) is 4.18. The lowest BCUT2D eigenvalue weighted by Gasteiger charge is -2.20. The van der Waals surface area contributed by atoms with Gasteiger partial charge in [0.15, 0.2) is 5.11 Å². The molecule has 0 aliphatic carbocycles. The lowest BCUT2D eigenvalue weighted by atomic mass is 10.1. The van der Waals surface area contributed by atoms with Gasteiger partial charge in [-0.25, -0.2) is 0 Å². The zero-order chi connectivity index (χ0) is 16.5. The van der Waals surface area contributed by atoms with E-state index >= 15 is 0 Å². The largest absolute Gasteiger partial charge is 0.362 e. The van der Waals surface area contributed by atoms with Crippen LogP contribution < -0.4 is 10.6 Å². The topological polar surface area (TPSA) is 44.4 Å². The van der Waals surface area contributed by atoms with Gasteiger partial charge in [-0.2, -0.15) is 0 Å². The molecule has 0 saturated carbocycles. The zero-order valence-corrected chi connectivity index (χ0v) is 14.8. The van der Waals surface area contributed by atoms with E-state index in [9.17, 15) is 4.79 Å². The Morgan fingerprint density at radius 1 is 1.22 bits per heavy atom. The van der Waals surface area contributed by atoms with Crippen LogP contribution in [0.2, 0.25) is 0 Å². The molecule has 0 aromatic heterocycles. The van der Waals surface area contributed by atoms with Gasteiger partial charge in [0, 0.05) is 31.7 Å². The van der Waals surface area contributed by atoms with Gasteiger partial charge in [0.25, 0.3) is 0 Å². The first-order valence-corrected chi connectivity index (χ1v) is 9.01. The molecule has 1 heterocycles. The highest BCUT2D eigenvalue weighted by Crippen LogP contribution is 2.11. The number of benzene rings is 1. The number of thiocarbonyl (C=S) groups is 1. The van der Waals surface area contributed by atoms with Crippen LogP contribution in [0.5, 0.6) is 0 Å². The van der Waals surface area contributed by atoms with Gasteiger partial charge in [-0.05, 0) is 55.6 Å². The summed E-state index contributed by atoms with van der Waals surface area (Å²) in [6.45, 7) is 4.65. The minimum Gasteiger partial charge on any atom is -0.362 e. The standard InChI is InChI=1S/C18H27N3OS/c1-2-15-8-10-16(11-9-15)20-18(23)19-12-6-14-21-13-5-3-4-7-17(21)22/h8-11H,2-7,12-14H2,1H3,(H2,19,20,23). The van der Waals surface area contributed by atoms with Crippen LogP contribution in [-0.2, 0) is 11.2 Å². The van der Waals surface area contributed by atoms with Crippen LogP contribution in [-0.4, -0.2) is 35.6 Å². The number of carbonyl (C=O) groups is 1. The van der Waals surface area contributed by atoms with Crippen molar-refractivity contribution in [1.82, 2.24) is 10.2 Å². The SMILES string of the molecule is CCc1ccc(NC(=S)NCCCN2CCCCCC2=O)cc1. The minimum atomic E-state index is 0.305. The van der Waals surface area contributed by atoms with E-state index in [1.54, 1.807) is 0 Å². The lowest BCUT2D eigenvalue weighted by molar-refractivity contribution is -0.130. The van der Waals surface area contributed by atoms with Crippen molar-refractivity contribution in [3.8, 4) is 0 Å². The molecular weight excluding hydrogens is 306 g/mol. The van der Waals surface area contributed by atoms with Crippen LogP contribution in [0.4, 0.5) is 5.69 Å². The van der Waals surface area contributed by atoms with Gasteiger partial charge in [-0.3, -0.25) is 4.79 Å². The Kier molecular flexibility index (Phi) is 7.33. The maximum atomic E-state index is 11.9. The predicted molar refractivity (Wildman–Crippen MR) is 99.7 cm³/mol. The van der Waals surface area contributed by atoms with Crippen molar-refractivity contribution in [2.75, 3.05) is 25.0 Å². The Hall–Kier alpha value is -1.62. The maximum absolute atomic E-state index is 11.9. The number of likely N-dealkylation sites (tertiary alicyclic amines) is 1. The molecule has 0 radical (unpaired) electrons. The Labute approximate surface area is 144 Å². The van der Waals surface area contributed by atoms with Gasteiger partial charge in [0.2, 0.25) is 5.91 Å². The number of amides is 1. The molecule has 0 spiro atoms. The second-order valence-electron chi connectivity index (χ2n) is 5.98. The Balaban J connectivity index is 1.65. The number of aryl methyl sites for hydroxylation is 1. The summed E-state index contributed by atoms with van der Waals surface area (Å²) in [5.41, 5.74) is 2.32. The first kappa shape index (κ1) is 17.7. The third-order valence-corrected chi connectivity index (χ3v) is 4.43. The Bertz CT molecular complexity index is 516. The van der Waals surface area contributed by atoms with Crippen LogP contribution in [0.1, 0.15) is 44.6 Å². The molecule has 23 heavy (non-hydrogen) atoms. The van der Waals surface area contributed by atoms with Crippen LogP contribution in [0.25, 0.3) is 0 Å². The van der Waals surface area contributed by atoms with Crippen molar-refractivity contribution >= 4 is 28.9 Å². The first-order chi connectivity index (χ1) is 11.2. The van der Waals surface area contributed by atoms with Crippen molar-refractivity contribution in [2.24, 2.45) is 0 Å². The van der Waals surface area contributed by atoms with Gasteiger partial charge in [0.05, 0.1) is 0 Å². The van der Waals surface area contributed by atoms with E-state index in [0.29, 0.717) is 17.4 Å². The fourth-order valence-corrected chi connectivity index (χ4v) is 2.97. The Morgan fingerprint density at radius 3 is 2.74 bits per heavy atom. The molecule has 1 saturated heterocycles. The van der Waals surface area contributed by atoms with Gasteiger partial charge in [-0.1, -0.05) is 25.5 Å². The molecule has 1 amide bonds. The number of rotatable bonds is 6. The molecule has 0 bridgehead atoms. The van der Waals surface area contributed by atoms with Crippen molar-refractivity contribution in [3.63, 3.8) is 0 Å². The van der Waals surface area contributed by atoms with E-state index in [-0.39, 0.29) is 0 Å². The molecule has 4 nitrogen and oxygen atoms in total. The number of nitrogens with zero attached hydrogens (tertiary/aromatic N) is 1. The monoisotopic (exact) mass is 333 g/mol. The molecular formula is C18H27N3OS. The molecule has 1 aliphatic heterocycles. The van der Waals surface area contributed by atoms with E-state index in [0.717, 1.165) is 51.0 Å². The van der Waals surface area contributed by atoms with Crippen molar-refractivity contribution in [3.05, 3.63) is 29.8 Å². The second kappa shape index (κ2) is 9.50. The highest BCUT2D eigenvalue weighted by atomic mass is 32.1. The lowest BCUT2D eigenvalue weighted by Crippen LogP contribution is -2.35. The average molecular weight is 334 g/mol. The molecule has 2 N–H and O–H groups in total. The normalized spacial score (nSPS) is 15.2. The average Bonchev–Trinajstić information content (AvgIpc) is 2.77. The van der Waals surface area contributed by atoms with Crippen LogP contribution in [0.15, 0.2) is 24.3 Å². The van der Waals surface area contributed by atoms with Crippen LogP contribution >= 0.6 is 12.2 Å². The highest BCUT2D eigenvalue weighted by molar-refractivity contribution is 7.80. The van der Waals surface area contributed by atoms with Gasteiger partial charge in [0.1, 0.15) is 0 Å². The molecule has 5 heteroatoms. The second-order valence-corrected chi connectivity index (χ2v) is 6.38. The summed E-state index contributed by atoms with van der Waals surface area (Å²) in [5, 5.41) is 7.04. The number of hydrogen-bond acceptors (Lipinski definition) is 2. The maximum Gasteiger partial charge on any atom is 0.222 e. The van der Waals surface area contributed by atoms with E-state index in [1.165, 1.54) is 12.0 Å². The van der Waals surface area contributed by atoms with E-state index in [1.807, 2.05) is 17.0 Å². The quantitative estimate of drug-likeness (QED) is 0.619. The summed E-state index contributed by atoms with van der Waals surface area (Å²) in [4.78, 5) is 13.9.